The van der Waals surface area contributed by atoms with E-state index in [1.165, 1.54) is 12.8 Å². The lowest BCUT2D eigenvalue weighted by atomic mass is 9.94. The first-order valence-corrected chi connectivity index (χ1v) is 8.27. The highest BCUT2D eigenvalue weighted by atomic mass is 16.3. The minimum Gasteiger partial charge on any atom is -0.388 e. The second-order valence-electron chi connectivity index (χ2n) is 6.32. The molecule has 1 aliphatic carbocycles. The summed E-state index contributed by atoms with van der Waals surface area (Å²) in [4.78, 5) is 12.3. The number of carbonyl (C=O) groups is 1. The quantitative estimate of drug-likeness (QED) is 0.853. The van der Waals surface area contributed by atoms with Crippen molar-refractivity contribution < 1.29 is 9.90 Å². The fourth-order valence-corrected chi connectivity index (χ4v) is 3.10. The minimum atomic E-state index is -0.749. The van der Waals surface area contributed by atoms with Gasteiger partial charge in [0.25, 0.3) is 5.91 Å². The Kier molecular flexibility index (Phi) is 4.76. The van der Waals surface area contributed by atoms with E-state index in [0.717, 1.165) is 31.4 Å². The summed E-state index contributed by atoms with van der Waals surface area (Å²) in [5.41, 5.74) is 0.758. The first kappa shape index (κ1) is 15.7. The Morgan fingerprint density at radius 1 is 1.17 bits per heavy atom. The first-order valence-electron chi connectivity index (χ1n) is 8.27. The second kappa shape index (κ2) is 6.96. The summed E-state index contributed by atoms with van der Waals surface area (Å²) >= 11 is 0. The molecule has 23 heavy (non-hydrogen) atoms. The average molecular weight is 313 g/mol. The van der Waals surface area contributed by atoms with Crippen LogP contribution in [-0.2, 0) is 0 Å². The average Bonchev–Trinajstić information content (AvgIpc) is 3.02. The molecule has 122 valence electrons. The second-order valence-corrected chi connectivity index (χ2v) is 6.32. The predicted octanol–water partition coefficient (Wildman–Crippen LogP) is 2.69. The maximum absolute atomic E-state index is 12.3. The van der Waals surface area contributed by atoms with Crippen molar-refractivity contribution in [2.75, 3.05) is 6.54 Å². The van der Waals surface area contributed by atoms with Gasteiger partial charge in [0.2, 0.25) is 0 Å². The van der Waals surface area contributed by atoms with Crippen LogP contribution in [0, 0.1) is 0 Å². The lowest BCUT2D eigenvalue weighted by Gasteiger charge is -2.26. The third kappa shape index (κ3) is 3.99. The van der Waals surface area contributed by atoms with E-state index in [2.05, 4.69) is 10.4 Å². The van der Waals surface area contributed by atoms with Crippen LogP contribution in [0.15, 0.2) is 42.7 Å². The SMILES string of the molecule is O=C(NCC1(O)CCCCCC1)c1ccc(-n2cccn2)cc1. The van der Waals surface area contributed by atoms with Gasteiger partial charge in [-0.3, -0.25) is 4.79 Å². The van der Waals surface area contributed by atoms with E-state index >= 15 is 0 Å². The zero-order valence-electron chi connectivity index (χ0n) is 13.2. The van der Waals surface area contributed by atoms with Gasteiger partial charge in [-0.05, 0) is 43.2 Å². The highest BCUT2D eigenvalue weighted by Gasteiger charge is 2.28. The summed E-state index contributed by atoms with van der Waals surface area (Å²) in [5, 5.41) is 17.6. The molecular weight excluding hydrogens is 290 g/mol. The Hall–Kier alpha value is -2.14. The van der Waals surface area contributed by atoms with Crippen LogP contribution in [0.5, 0.6) is 0 Å². The molecule has 1 aromatic carbocycles. The molecular formula is C18H23N3O2. The number of nitrogens with one attached hydrogen (secondary N) is 1. The lowest BCUT2D eigenvalue weighted by molar-refractivity contribution is 0.0246. The Balaban J connectivity index is 1.59. The molecule has 0 spiro atoms. The van der Waals surface area contributed by atoms with Crippen molar-refractivity contribution in [1.82, 2.24) is 15.1 Å². The molecule has 1 aliphatic rings. The number of rotatable bonds is 4. The van der Waals surface area contributed by atoms with Crippen molar-refractivity contribution in [2.45, 2.75) is 44.1 Å². The number of aliphatic hydroxyl groups is 1. The summed E-state index contributed by atoms with van der Waals surface area (Å²) in [6.07, 6.45) is 9.52. The highest BCUT2D eigenvalue weighted by molar-refractivity contribution is 5.94. The third-order valence-electron chi connectivity index (χ3n) is 4.51. The summed E-state index contributed by atoms with van der Waals surface area (Å²) in [7, 11) is 0. The zero-order chi connectivity index (χ0) is 16.1. The van der Waals surface area contributed by atoms with Crippen LogP contribution in [0.3, 0.4) is 0 Å². The number of amides is 1. The van der Waals surface area contributed by atoms with Gasteiger partial charge in [0.1, 0.15) is 0 Å². The molecule has 0 unspecified atom stereocenters. The Bertz CT molecular complexity index is 627. The molecule has 1 amide bonds. The van der Waals surface area contributed by atoms with Crippen LogP contribution in [0.2, 0.25) is 0 Å². The topological polar surface area (TPSA) is 67.2 Å². The third-order valence-corrected chi connectivity index (χ3v) is 4.51. The van der Waals surface area contributed by atoms with Crippen LogP contribution in [-0.4, -0.2) is 32.9 Å². The van der Waals surface area contributed by atoms with E-state index in [4.69, 9.17) is 0 Å². The molecule has 0 saturated heterocycles. The minimum absolute atomic E-state index is 0.144. The number of carbonyl (C=O) groups excluding carboxylic acids is 1. The first-order chi connectivity index (χ1) is 11.2. The summed E-state index contributed by atoms with van der Waals surface area (Å²) in [6, 6.07) is 9.14. The van der Waals surface area contributed by atoms with Gasteiger partial charge in [0.05, 0.1) is 11.3 Å². The molecule has 1 fully saturated rings. The van der Waals surface area contributed by atoms with E-state index in [-0.39, 0.29) is 5.91 Å². The molecule has 0 aliphatic heterocycles. The van der Waals surface area contributed by atoms with Crippen molar-refractivity contribution in [1.29, 1.82) is 0 Å². The van der Waals surface area contributed by atoms with Gasteiger partial charge in [0.15, 0.2) is 0 Å². The van der Waals surface area contributed by atoms with E-state index in [0.29, 0.717) is 12.1 Å². The largest absolute Gasteiger partial charge is 0.388 e. The molecule has 0 radical (unpaired) electrons. The molecule has 3 rings (SSSR count). The van der Waals surface area contributed by atoms with Crippen molar-refractivity contribution in [2.24, 2.45) is 0 Å². The molecule has 5 heteroatoms. The number of hydrogen-bond donors (Lipinski definition) is 2. The van der Waals surface area contributed by atoms with E-state index < -0.39 is 5.60 Å². The molecule has 5 nitrogen and oxygen atoms in total. The molecule has 1 aromatic heterocycles. The standard InChI is InChI=1S/C18H23N3O2/c22-17(19-14-18(23)10-3-1-2-4-11-18)15-6-8-16(9-7-15)21-13-5-12-20-21/h5-9,12-13,23H,1-4,10-11,14H2,(H,19,22). The molecule has 1 heterocycles. The number of nitrogens with zero attached hydrogens (tertiary/aromatic N) is 2. The maximum atomic E-state index is 12.3. The summed E-state index contributed by atoms with van der Waals surface area (Å²) in [6.45, 7) is 0.326. The maximum Gasteiger partial charge on any atom is 0.251 e. The summed E-state index contributed by atoms with van der Waals surface area (Å²) in [5.74, 6) is -0.144. The van der Waals surface area contributed by atoms with Gasteiger partial charge in [-0.2, -0.15) is 5.10 Å². The van der Waals surface area contributed by atoms with Crippen molar-refractivity contribution in [3.05, 3.63) is 48.3 Å². The lowest BCUT2D eigenvalue weighted by Crippen LogP contribution is -2.42. The van der Waals surface area contributed by atoms with Crippen LogP contribution in [0.1, 0.15) is 48.9 Å². The van der Waals surface area contributed by atoms with Crippen molar-refractivity contribution in [3.8, 4) is 5.69 Å². The highest BCUT2D eigenvalue weighted by Crippen LogP contribution is 2.26. The fraction of sp³-hybridized carbons (Fsp3) is 0.444. The van der Waals surface area contributed by atoms with Gasteiger partial charge in [-0.1, -0.05) is 25.7 Å². The van der Waals surface area contributed by atoms with Crippen LogP contribution >= 0.6 is 0 Å². The monoisotopic (exact) mass is 313 g/mol. The van der Waals surface area contributed by atoms with Gasteiger partial charge in [0, 0.05) is 24.5 Å². The molecule has 2 N–H and O–H groups in total. The smallest absolute Gasteiger partial charge is 0.251 e. The van der Waals surface area contributed by atoms with Gasteiger partial charge in [-0.25, -0.2) is 4.68 Å². The van der Waals surface area contributed by atoms with Crippen LogP contribution < -0.4 is 5.32 Å². The summed E-state index contributed by atoms with van der Waals surface area (Å²) < 4.78 is 1.75. The predicted molar refractivity (Wildman–Crippen MR) is 88.5 cm³/mol. The van der Waals surface area contributed by atoms with Gasteiger partial charge in [-0.15, -0.1) is 0 Å². The molecule has 0 atom stereocenters. The molecule has 1 saturated carbocycles. The van der Waals surface area contributed by atoms with Crippen molar-refractivity contribution in [3.63, 3.8) is 0 Å². The van der Waals surface area contributed by atoms with Crippen molar-refractivity contribution >= 4 is 5.91 Å². The normalized spacial score (nSPS) is 17.4. The van der Waals surface area contributed by atoms with Gasteiger partial charge < -0.3 is 10.4 Å². The fourth-order valence-electron chi connectivity index (χ4n) is 3.10. The van der Waals surface area contributed by atoms with Crippen LogP contribution in [0.4, 0.5) is 0 Å². The van der Waals surface area contributed by atoms with Crippen LogP contribution in [0.25, 0.3) is 5.69 Å². The number of hydrogen-bond acceptors (Lipinski definition) is 3. The number of benzene rings is 1. The Morgan fingerprint density at radius 2 is 1.87 bits per heavy atom. The Labute approximate surface area is 136 Å². The van der Waals surface area contributed by atoms with E-state index in [1.807, 2.05) is 24.4 Å². The Morgan fingerprint density at radius 3 is 2.48 bits per heavy atom. The molecule has 0 bridgehead atoms. The zero-order valence-corrected chi connectivity index (χ0v) is 13.2. The van der Waals surface area contributed by atoms with Gasteiger partial charge >= 0.3 is 0 Å². The van der Waals surface area contributed by atoms with E-state index in [9.17, 15) is 9.90 Å². The molecule has 2 aromatic rings. The number of aromatic nitrogens is 2. The van der Waals surface area contributed by atoms with E-state index in [1.54, 1.807) is 23.0 Å².